The molecule has 0 radical (unpaired) electrons. The summed E-state index contributed by atoms with van der Waals surface area (Å²) in [5.74, 6) is -4.37. The maximum absolute atomic E-state index is 8.93. The first-order valence-corrected chi connectivity index (χ1v) is 1.07. The molecule has 0 saturated carbocycles. The number of rotatable bonds is 0. The van der Waals surface area contributed by atoms with Crippen molar-refractivity contribution in [2.75, 3.05) is 0 Å². The van der Waals surface area contributed by atoms with Crippen LogP contribution in [0.25, 0.3) is 0 Å². The molecule has 0 aliphatic heterocycles. The normalized spacial score (nSPS) is 3.67. The molecule has 0 fully saturated rings. The Morgan fingerprint density at radius 2 is 0.833 bits per heavy atom. The molecule has 0 heterocycles. The Balaban J connectivity index is -0.00000000833. The Morgan fingerprint density at radius 1 is 0.750 bits per heavy atom. The molecule has 8 nitrogen and oxygen atoms in total. The summed E-state index contributed by atoms with van der Waals surface area (Å²) >= 11 is 0. The van der Waals surface area contributed by atoms with Crippen LogP contribution in [0.2, 0.25) is 0 Å². The minimum Gasteiger partial charge on any atom is -0.870 e. The quantitative estimate of drug-likeness (QED) is 0.294. The second-order valence-corrected chi connectivity index (χ2v) is 0.575. The standard InChI is InChI=1S/C2H2O4.K.4H2O.Ti/c3-1(4)2(5)6;;;;;;/h(H,3,4)(H,5,6);;4*1H2;/q;+1;;;;;/p-6. The first-order valence-electron chi connectivity index (χ1n) is 1.07. The van der Waals surface area contributed by atoms with Gasteiger partial charge in [-0.3, -0.25) is 0 Å². The Kier molecular flexibility index (Phi) is 127. The molecule has 0 aromatic rings. The van der Waals surface area contributed by atoms with Crippen LogP contribution in [-0.2, 0) is 31.3 Å². The first kappa shape index (κ1) is 51.4. The van der Waals surface area contributed by atoms with Gasteiger partial charge in [0.2, 0.25) is 0 Å². The van der Waals surface area contributed by atoms with Crippen LogP contribution in [0.15, 0.2) is 0 Å². The predicted octanol–water partition coefficient (Wildman–Crippen LogP) is -7.22. The molecule has 0 aromatic heterocycles. The molecule has 0 saturated heterocycles. The van der Waals surface area contributed by atoms with Gasteiger partial charge in [-0.15, -0.1) is 0 Å². The third-order valence-electron chi connectivity index (χ3n) is 0.167. The molecule has 0 bridgehead atoms. The van der Waals surface area contributed by atoms with Crippen LogP contribution in [0.3, 0.4) is 0 Å². The Morgan fingerprint density at radius 3 is 0.833 bits per heavy atom. The van der Waals surface area contributed by atoms with E-state index in [4.69, 9.17) is 19.8 Å². The van der Waals surface area contributed by atoms with Crippen molar-refractivity contribution in [2.45, 2.75) is 0 Å². The minimum absolute atomic E-state index is 0. The van der Waals surface area contributed by atoms with Gasteiger partial charge in [-0.25, -0.2) is 0 Å². The Labute approximate surface area is 125 Å². The summed E-state index contributed by atoms with van der Waals surface area (Å²) in [6.07, 6.45) is 0. The summed E-state index contributed by atoms with van der Waals surface area (Å²) in [7, 11) is 0. The van der Waals surface area contributed by atoms with Crippen molar-refractivity contribution in [2.24, 2.45) is 0 Å². The Bertz CT molecular complexity index is 83.1. The summed E-state index contributed by atoms with van der Waals surface area (Å²) in [4.78, 5) is 17.9. The molecule has 0 aromatic carbocycles. The van der Waals surface area contributed by atoms with E-state index >= 15 is 0 Å². The number of carbonyl (C=O) groups is 2. The van der Waals surface area contributed by atoms with Gasteiger partial charge in [-0.2, -0.15) is 0 Å². The maximum Gasteiger partial charge on any atom is 1.00 e. The summed E-state index contributed by atoms with van der Waals surface area (Å²) in [6.45, 7) is 0. The predicted molar refractivity (Wildman–Crippen MR) is 17.8 cm³/mol. The molecule has 0 spiro atoms. The first-order chi connectivity index (χ1) is 2.64. The van der Waals surface area contributed by atoms with Crippen LogP contribution in [0.1, 0.15) is 0 Å². The molecule has 0 rings (SSSR count). The number of aliphatic carboxylic acids is 2. The van der Waals surface area contributed by atoms with Crippen LogP contribution in [0, 0.1) is 0 Å². The number of hydrogen-bond acceptors (Lipinski definition) is 8. The number of carboxylic acids is 2. The van der Waals surface area contributed by atoms with Crippen molar-refractivity contribution in [3.63, 3.8) is 0 Å². The summed E-state index contributed by atoms with van der Waals surface area (Å²) in [6, 6.07) is 0. The fourth-order valence-corrected chi connectivity index (χ4v) is 0. The fraction of sp³-hybridized carbons (Fsp3) is 0. The van der Waals surface area contributed by atoms with Gasteiger partial charge < -0.3 is 41.7 Å². The third-order valence-corrected chi connectivity index (χ3v) is 0.167. The maximum atomic E-state index is 8.93. The van der Waals surface area contributed by atoms with Crippen molar-refractivity contribution in [1.29, 1.82) is 0 Å². The SMILES string of the molecule is O=C([O-])C(=O)[O-].[K+].[OH-].[OH-].[OH-].[OH-].[Ti]. The zero-order valence-corrected chi connectivity index (χ0v) is 10.6. The smallest absolute Gasteiger partial charge is 0.870 e. The molecular weight excluding hydrogens is 239 g/mol. The second-order valence-electron chi connectivity index (χ2n) is 0.575. The van der Waals surface area contributed by atoms with Gasteiger partial charge >= 0.3 is 51.4 Å². The van der Waals surface area contributed by atoms with Gasteiger partial charge in [-0.1, -0.05) is 0 Å². The molecule has 0 amide bonds. The van der Waals surface area contributed by atoms with Crippen molar-refractivity contribution >= 4 is 11.9 Å². The zero-order valence-electron chi connectivity index (χ0n) is 5.92. The van der Waals surface area contributed by atoms with Crippen molar-refractivity contribution in [1.82, 2.24) is 0 Å². The van der Waals surface area contributed by atoms with Crippen LogP contribution < -0.4 is 61.6 Å². The van der Waals surface area contributed by atoms with E-state index in [2.05, 4.69) is 0 Å². The van der Waals surface area contributed by atoms with Gasteiger partial charge in [0.15, 0.2) is 0 Å². The average molecular weight is 243 g/mol. The molecular formula is C2H4KO8Ti-5. The van der Waals surface area contributed by atoms with E-state index in [1.165, 1.54) is 0 Å². The van der Waals surface area contributed by atoms with Gasteiger partial charge in [0.1, 0.15) is 0 Å². The second kappa shape index (κ2) is 29.6. The molecule has 0 aliphatic carbocycles. The van der Waals surface area contributed by atoms with E-state index in [9.17, 15) is 0 Å². The summed E-state index contributed by atoms with van der Waals surface area (Å²) < 4.78 is 0. The fourth-order valence-electron chi connectivity index (χ4n) is 0. The monoisotopic (exact) mass is 243 g/mol. The van der Waals surface area contributed by atoms with E-state index < -0.39 is 11.9 Å². The zero-order chi connectivity index (χ0) is 5.15. The summed E-state index contributed by atoms with van der Waals surface area (Å²) in [5, 5.41) is 17.9. The molecule has 0 unspecified atom stereocenters. The molecule has 0 atom stereocenters. The molecule has 4 N–H and O–H groups in total. The number of carboxylic acid groups (broad SMARTS) is 2. The minimum atomic E-state index is -2.19. The third kappa shape index (κ3) is 43.4. The van der Waals surface area contributed by atoms with Crippen LogP contribution in [-0.4, -0.2) is 33.8 Å². The van der Waals surface area contributed by atoms with E-state index in [1.807, 2.05) is 0 Å². The largest absolute Gasteiger partial charge is 1.00 e. The number of carbonyl (C=O) groups excluding carboxylic acids is 2. The molecule has 12 heavy (non-hydrogen) atoms. The van der Waals surface area contributed by atoms with Crippen LogP contribution in [0.4, 0.5) is 0 Å². The van der Waals surface area contributed by atoms with Crippen LogP contribution in [0.5, 0.6) is 0 Å². The van der Waals surface area contributed by atoms with Gasteiger partial charge in [0.25, 0.3) is 0 Å². The number of hydrogen-bond donors (Lipinski definition) is 0. The van der Waals surface area contributed by atoms with Crippen molar-refractivity contribution in [3.8, 4) is 0 Å². The van der Waals surface area contributed by atoms with E-state index in [0.29, 0.717) is 0 Å². The summed E-state index contributed by atoms with van der Waals surface area (Å²) in [5.41, 5.74) is 0. The molecule has 70 valence electrons. The topological polar surface area (TPSA) is 200 Å². The average Bonchev–Trinajstić information content (AvgIpc) is 1.36. The molecule has 0 aliphatic rings. The Hall–Kier alpha value is 1.13. The van der Waals surface area contributed by atoms with E-state index in [-0.39, 0.29) is 95.0 Å². The van der Waals surface area contributed by atoms with E-state index in [1.54, 1.807) is 0 Å². The van der Waals surface area contributed by atoms with Gasteiger partial charge in [0, 0.05) is 21.7 Å². The van der Waals surface area contributed by atoms with E-state index in [0.717, 1.165) is 0 Å². The van der Waals surface area contributed by atoms with Crippen molar-refractivity contribution < 1.29 is 115 Å². The van der Waals surface area contributed by atoms with Gasteiger partial charge in [-0.05, 0) is 0 Å². The van der Waals surface area contributed by atoms with Crippen LogP contribution >= 0.6 is 0 Å². The molecule has 10 heteroatoms. The van der Waals surface area contributed by atoms with Gasteiger partial charge in [0.05, 0.1) is 11.9 Å². The van der Waals surface area contributed by atoms with Crippen molar-refractivity contribution in [3.05, 3.63) is 0 Å².